The molecule has 116 valence electrons. The van der Waals surface area contributed by atoms with Crippen LogP contribution in [0.5, 0.6) is 0 Å². The number of nitrogens with zero attached hydrogens (tertiary/aromatic N) is 1. The first-order valence-electron chi connectivity index (χ1n) is 6.85. The molecular formula is C16H17FN2O2S. The Morgan fingerprint density at radius 3 is 2.82 bits per heavy atom. The summed E-state index contributed by atoms with van der Waals surface area (Å²) < 4.78 is 13.1. The monoisotopic (exact) mass is 320 g/mol. The second-order valence-electron chi connectivity index (χ2n) is 4.90. The zero-order valence-electron chi connectivity index (χ0n) is 12.2. The SMILES string of the molecule is CN(Cc1cccc(F)c1)C(=O)CCNC(=O)c1ccsc1. The Hall–Kier alpha value is -2.21. The first-order valence-corrected chi connectivity index (χ1v) is 7.79. The summed E-state index contributed by atoms with van der Waals surface area (Å²) in [7, 11) is 1.66. The molecule has 1 heterocycles. The lowest BCUT2D eigenvalue weighted by Crippen LogP contribution is -2.31. The maximum Gasteiger partial charge on any atom is 0.252 e. The van der Waals surface area contributed by atoms with Gasteiger partial charge < -0.3 is 10.2 Å². The normalized spacial score (nSPS) is 10.3. The largest absolute Gasteiger partial charge is 0.351 e. The number of thiophene rings is 1. The summed E-state index contributed by atoms with van der Waals surface area (Å²) in [5, 5.41) is 6.29. The van der Waals surface area contributed by atoms with Gasteiger partial charge in [0.2, 0.25) is 5.91 Å². The number of hydrogen-bond donors (Lipinski definition) is 1. The number of hydrogen-bond acceptors (Lipinski definition) is 3. The fourth-order valence-electron chi connectivity index (χ4n) is 1.97. The minimum Gasteiger partial charge on any atom is -0.351 e. The molecule has 0 spiro atoms. The highest BCUT2D eigenvalue weighted by atomic mass is 32.1. The van der Waals surface area contributed by atoms with Gasteiger partial charge in [-0.1, -0.05) is 12.1 Å². The molecule has 1 aromatic heterocycles. The summed E-state index contributed by atoms with van der Waals surface area (Å²) >= 11 is 1.45. The van der Waals surface area contributed by atoms with E-state index in [1.807, 2.05) is 5.38 Å². The van der Waals surface area contributed by atoms with E-state index < -0.39 is 0 Å². The zero-order valence-corrected chi connectivity index (χ0v) is 13.0. The Morgan fingerprint density at radius 2 is 2.14 bits per heavy atom. The van der Waals surface area contributed by atoms with Crippen molar-refractivity contribution in [3.8, 4) is 0 Å². The first-order chi connectivity index (χ1) is 10.6. The van der Waals surface area contributed by atoms with Gasteiger partial charge >= 0.3 is 0 Å². The van der Waals surface area contributed by atoms with Gasteiger partial charge in [0.15, 0.2) is 0 Å². The van der Waals surface area contributed by atoms with E-state index in [-0.39, 0.29) is 30.6 Å². The lowest BCUT2D eigenvalue weighted by Gasteiger charge is -2.17. The van der Waals surface area contributed by atoms with Crippen LogP contribution >= 0.6 is 11.3 Å². The molecule has 1 aromatic carbocycles. The summed E-state index contributed by atoms with van der Waals surface area (Å²) in [6.45, 7) is 0.621. The molecule has 0 aliphatic rings. The molecule has 0 saturated heterocycles. The van der Waals surface area contributed by atoms with E-state index in [4.69, 9.17) is 0 Å². The summed E-state index contributed by atoms with van der Waals surface area (Å²) in [5.74, 6) is -0.599. The van der Waals surface area contributed by atoms with Crippen molar-refractivity contribution in [3.63, 3.8) is 0 Å². The van der Waals surface area contributed by atoms with Gasteiger partial charge in [0.25, 0.3) is 5.91 Å². The van der Waals surface area contributed by atoms with E-state index in [2.05, 4.69) is 5.32 Å². The fourth-order valence-corrected chi connectivity index (χ4v) is 2.60. The molecular weight excluding hydrogens is 303 g/mol. The molecule has 2 aromatic rings. The van der Waals surface area contributed by atoms with Gasteiger partial charge in [0.1, 0.15) is 5.82 Å². The molecule has 2 rings (SSSR count). The van der Waals surface area contributed by atoms with Crippen LogP contribution in [0.25, 0.3) is 0 Å². The highest BCUT2D eigenvalue weighted by Gasteiger charge is 2.11. The van der Waals surface area contributed by atoms with Gasteiger partial charge in [-0.3, -0.25) is 9.59 Å². The van der Waals surface area contributed by atoms with Gasteiger partial charge in [0.05, 0.1) is 0 Å². The number of benzene rings is 1. The van der Waals surface area contributed by atoms with Crippen molar-refractivity contribution in [2.45, 2.75) is 13.0 Å². The van der Waals surface area contributed by atoms with Crippen LogP contribution in [0.4, 0.5) is 4.39 Å². The van der Waals surface area contributed by atoms with E-state index >= 15 is 0 Å². The molecule has 0 aliphatic heterocycles. The third kappa shape index (κ3) is 4.66. The van der Waals surface area contributed by atoms with Crippen LogP contribution in [-0.2, 0) is 11.3 Å². The second-order valence-corrected chi connectivity index (χ2v) is 5.68. The van der Waals surface area contributed by atoms with Gasteiger partial charge in [-0.15, -0.1) is 0 Å². The van der Waals surface area contributed by atoms with Gasteiger partial charge in [-0.25, -0.2) is 4.39 Å². The van der Waals surface area contributed by atoms with Crippen molar-refractivity contribution in [2.75, 3.05) is 13.6 Å². The van der Waals surface area contributed by atoms with Crippen LogP contribution in [0.3, 0.4) is 0 Å². The topological polar surface area (TPSA) is 49.4 Å². The summed E-state index contributed by atoms with van der Waals surface area (Å²) in [6, 6.07) is 7.89. The average molecular weight is 320 g/mol. The predicted octanol–water partition coefficient (Wildman–Crippen LogP) is 2.67. The van der Waals surface area contributed by atoms with Crippen LogP contribution in [0, 0.1) is 5.82 Å². The van der Waals surface area contributed by atoms with Crippen molar-refractivity contribution in [3.05, 3.63) is 58.0 Å². The quantitative estimate of drug-likeness (QED) is 0.889. The van der Waals surface area contributed by atoms with Crippen molar-refractivity contribution in [1.82, 2.24) is 10.2 Å². The molecule has 0 unspecified atom stereocenters. The van der Waals surface area contributed by atoms with E-state index in [0.29, 0.717) is 12.1 Å². The second kappa shape index (κ2) is 7.70. The lowest BCUT2D eigenvalue weighted by atomic mass is 10.2. The minimum atomic E-state index is -0.318. The van der Waals surface area contributed by atoms with Crippen LogP contribution < -0.4 is 5.32 Å². The highest BCUT2D eigenvalue weighted by Crippen LogP contribution is 2.07. The molecule has 0 bridgehead atoms. The van der Waals surface area contributed by atoms with Crippen LogP contribution in [-0.4, -0.2) is 30.3 Å². The van der Waals surface area contributed by atoms with Gasteiger partial charge in [0, 0.05) is 37.5 Å². The van der Waals surface area contributed by atoms with Crippen molar-refractivity contribution in [2.24, 2.45) is 0 Å². The molecule has 6 heteroatoms. The number of rotatable bonds is 6. The summed E-state index contributed by atoms with van der Waals surface area (Å²) in [6.07, 6.45) is 0.210. The Balaban J connectivity index is 1.76. The molecule has 2 amide bonds. The van der Waals surface area contributed by atoms with Gasteiger partial charge in [-0.2, -0.15) is 11.3 Å². The summed E-state index contributed by atoms with van der Waals surface area (Å²) in [4.78, 5) is 25.2. The fraction of sp³-hybridized carbons (Fsp3) is 0.250. The third-order valence-corrected chi connectivity index (χ3v) is 3.83. The maximum absolute atomic E-state index is 13.1. The molecule has 1 N–H and O–H groups in total. The van der Waals surface area contributed by atoms with Crippen LogP contribution in [0.1, 0.15) is 22.3 Å². The van der Waals surface area contributed by atoms with Crippen LogP contribution in [0.15, 0.2) is 41.1 Å². The minimum absolute atomic E-state index is 0.102. The predicted molar refractivity (Wildman–Crippen MR) is 84.1 cm³/mol. The Morgan fingerprint density at radius 1 is 1.32 bits per heavy atom. The lowest BCUT2D eigenvalue weighted by molar-refractivity contribution is -0.130. The Labute approximate surface area is 132 Å². The van der Waals surface area contributed by atoms with Crippen molar-refractivity contribution >= 4 is 23.2 Å². The van der Waals surface area contributed by atoms with Gasteiger partial charge in [-0.05, 0) is 29.1 Å². The highest BCUT2D eigenvalue weighted by molar-refractivity contribution is 7.08. The number of carbonyl (C=O) groups is 2. The molecule has 22 heavy (non-hydrogen) atoms. The number of carbonyl (C=O) groups excluding carboxylic acids is 2. The molecule has 0 aliphatic carbocycles. The van der Waals surface area contributed by atoms with E-state index in [9.17, 15) is 14.0 Å². The Bertz CT molecular complexity index is 643. The molecule has 4 nitrogen and oxygen atoms in total. The third-order valence-electron chi connectivity index (χ3n) is 3.14. The Kier molecular flexibility index (Phi) is 5.66. The number of halogens is 1. The smallest absolute Gasteiger partial charge is 0.252 e. The van der Waals surface area contributed by atoms with Crippen molar-refractivity contribution < 1.29 is 14.0 Å². The molecule has 0 atom stereocenters. The van der Waals surface area contributed by atoms with E-state index in [1.54, 1.807) is 30.6 Å². The van der Waals surface area contributed by atoms with E-state index in [0.717, 1.165) is 5.56 Å². The molecule has 0 saturated carbocycles. The van der Waals surface area contributed by atoms with E-state index in [1.165, 1.54) is 28.4 Å². The van der Waals surface area contributed by atoms with Crippen molar-refractivity contribution in [1.29, 1.82) is 0 Å². The standard InChI is InChI=1S/C16H17FN2O2S/c1-19(10-12-3-2-4-14(17)9-12)15(20)5-7-18-16(21)13-6-8-22-11-13/h2-4,6,8-9,11H,5,7,10H2,1H3,(H,18,21). The summed E-state index contributed by atoms with van der Waals surface area (Å²) in [5.41, 5.74) is 1.34. The van der Waals surface area contributed by atoms with Crippen LogP contribution in [0.2, 0.25) is 0 Å². The molecule has 0 radical (unpaired) electrons. The maximum atomic E-state index is 13.1. The number of nitrogens with one attached hydrogen (secondary N) is 1. The molecule has 0 fully saturated rings. The average Bonchev–Trinajstić information content (AvgIpc) is 3.01. The first kappa shape index (κ1) is 16.2. The zero-order chi connectivity index (χ0) is 15.9. The number of amides is 2.